The number of hydrogen-bond acceptors (Lipinski definition) is 2. The van der Waals surface area contributed by atoms with Gasteiger partial charge in [0.25, 0.3) is 0 Å². The van der Waals surface area contributed by atoms with Gasteiger partial charge in [0.1, 0.15) is 0 Å². The van der Waals surface area contributed by atoms with Gasteiger partial charge in [-0.3, -0.25) is 0 Å². The van der Waals surface area contributed by atoms with Crippen LogP contribution in [0.25, 0.3) is 0 Å². The fourth-order valence-electron chi connectivity index (χ4n) is 2.39. The van der Waals surface area contributed by atoms with Crippen LogP contribution in [0, 0.1) is 0 Å². The molecule has 1 aliphatic heterocycles. The lowest BCUT2D eigenvalue weighted by Crippen LogP contribution is -2.44. The van der Waals surface area contributed by atoms with Gasteiger partial charge in [-0.1, -0.05) is 22.0 Å². The van der Waals surface area contributed by atoms with Crippen LogP contribution in [0.4, 0.5) is 5.69 Å². The van der Waals surface area contributed by atoms with Gasteiger partial charge in [0, 0.05) is 28.8 Å². The van der Waals surface area contributed by atoms with Gasteiger partial charge in [-0.2, -0.15) is 0 Å². The molecule has 1 heterocycles. The smallest absolute Gasteiger partial charge is 0.0479 e. The van der Waals surface area contributed by atoms with Gasteiger partial charge >= 0.3 is 0 Å². The van der Waals surface area contributed by atoms with E-state index in [0.717, 1.165) is 13.0 Å². The SMILES string of the molecule is CCN1c2cccc(Br)c2CC1C(C)N. The molecule has 2 N–H and O–H groups in total. The van der Waals surface area contributed by atoms with E-state index in [1.165, 1.54) is 15.7 Å². The van der Waals surface area contributed by atoms with Crippen molar-refractivity contribution in [3.63, 3.8) is 0 Å². The lowest BCUT2D eigenvalue weighted by atomic mass is 10.1. The summed E-state index contributed by atoms with van der Waals surface area (Å²) in [7, 11) is 0. The van der Waals surface area contributed by atoms with Crippen molar-refractivity contribution in [1.29, 1.82) is 0 Å². The summed E-state index contributed by atoms with van der Waals surface area (Å²) in [5, 5.41) is 0. The quantitative estimate of drug-likeness (QED) is 0.894. The van der Waals surface area contributed by atoms with Crippen LogP contribution in [0.3, 0.4) is 0 Å². The Morgan fingerprint density at radius 2 is 2.33 bits per heavy atom. The van der Waals surface area contributed by atoms with Gasteiger partial charge in [0.05, 0.1) is 0 Å². The molecule has 2 unspecified atom stereocenters. The van der Waals surface area contributed by atoms with Crippen molar-refractivity contribution in [2.45, 2.75) is 32.4 Å². The summed E-state index contributed by atoms with van der Waals surface area (Å²) in [6, 6.07) is 7.05. The fraction of sp³-hybridized carbons (Fsp3) is 0.500. The van der Waals surface area contributed by atoms with Crippen LogP contribution in [-0.2, 0) is 6.42 Å². The number of likely N-dealkylation sites (N-methyl/N-ethyl adjacent to an activating group) is 1. The Morgan fingerprint density at radius 1 is 1.60 bits per heavy atom. The first kappa shape index (κ1) is 11.0. The van der Waals surface area contributed by atoms with Gasteiger partial charge in [0.2, 0.25) is 0 Å². The molecule has 2 nitrogen and oxygen atoms in total. The topological polar surface area (TPSA) is 29.3 Å². The molecule has 2 rings (SSSR count). The minimum Gasteiger partial charge on any atom is -0.367 e. The molecular weight excluding hydrogens is 252 g/mol. The highest BCUT2D eigenvalue weighted by atomic mass is 79.9. The third-order valence-electron chi connectivity index (χ3n) is 3.16. The molecule has 82 valence electrons. The molecule has 1 aromatic rings. The first-order valence-corrected chi connectivity index (χ1v) is 6.24. The minimum absolute atomic E-state index is 0.212. The Balaban J connectivity index is 2.41. The van der Waals surface area contributed by atoms with Crippen LogP contribution in [0.1, 0.15) is 19.4 Å². The van der Waals surface area contributed by atoms with Crippen molar-refractivity contribution >= 4 is 21.6 Å². The molecule has 1 aromatic carbocycles. The second-order valence-corrected chi connectivity index (χ2v) is 5.01. The summed E-state index contributed by atoms with van der Waals surface area (Å²) in [6.45, 7) is 5.30. The van der Waals surface area contributed by atoms with E-state index < -0.39 is 0 Å². The maximum atomic E-state index is 6.04. The standard InChI is InChI=1S/C12H17BrN2/c1-3-15-11-6-4-5-10(13)9(11)7-12(15)8(2)14/h4-6,8,12H,3,7,14H2,1-2H3. The van der Waals surface area contributed by atoms with Crippen molar-refractivity contribution in [2.24, 2.45) is 5.73 Å². The summed E-state index contributed by atoms with van der Waals surface area (Å²) in [6.07, 6.45) is 1.06. The van der Waals surface area contributed by atoms with Crippen LogP contribution in [-0.4, -0.2) is 18.6 Å². The Morgan fingerprint density at radius 3 is 2.93 bits per heavy atom. The third kappa shape index (κ3) is 1.79. The zero-order valence-electron chi connectivity index (χ0n) is 9.20. The monoisotopic (exact) mass is 268 g/mol. The molecule has 2 atom stereocenters. The van der Waals surface area contributed by atoms with Crippen molar-refractivity contribution < 1.29 is 0 Å². The zero-order chi connectivity index (χ0) is 11.0. The molecule has 0 radical (unpaired) electrons. The first-order chi connectivity index (χ1) is 7.15. The van der Waals surface area contributed by atoms with E-state index in [9.17, 15) is 0 Å². The van der Waals surface area contributed by atoms with Crippen LogP contribution in [0.2, 0.25) is 0 Å². The molecular formula is C12H17BrN2. The predicted octanol–water partition coefficient (Wildman–Crippen LogP) is 2.55. The molecule has 0 fully saturated rings. The maximum absolute atomic E-state index is 6.04. The Hall–Kier alpha value is -0.540. The van der Waals surface area contributed by atoms with Crippen LogP contribution in [0.5, 0.6) is 0 Å². The van der Waals surface area contributed by atoms with E-state index in [4.69, 9.17) is 5.73 Å². The van der Waals surface area contributed by atoms with Crippen LogP contribution >= 0.6 is 15.9 Å². The van der Waals surface area contributed by atoms with E-state index in [-0.39, 0.29) is 6.04 Å². The summed E-state index contributed by atoms with van der Waals surface area (Å²) in [4.78, 5) is 2.41. The highest BCUT2D eigenvalue weighted by molar-refractivity contribution is 9.10. The molecule has 0 saturated carbocycles. The van der Waals surface area contributed by atoms with Crippen molar-refractivity contribution in [3.05, 3.63) is 28.2 Å². The van der Waals surface area contributed by atoms with Gasteiger partial charge in [-0.15, -0.1) is 0 Å². The van der Waals surface area contributed by atoms with Crippen molar-refractivity contribution in [1.82, 2.24) is 0 Å². The van der Waals surface area contributed by atoms with E-state index in [0.29, 0.717) is 6.04 Å². The minimum atomic E-state index is 0.212. The summed E-state index contributed by atoms with van der Waals surface area (Å²) in [5.74, 6) is 0. The van der Waals surface area contributed by atoms with Crippen molar-refractivity contribution in [3.8, 4) is 0 Å². The second-order valence-electron chi connectivity index (χ2n) is 4.15. The number of halogens is 1. The molecule has 15 heavy (non-hydrogen) atoms. The molecule has 0 aromatic heterocycles. The Kier molecular flexibility index (Phi) is 3.03. The number of nitrogens with zero attached hydrogens (tertiary/aromatic N) is 1. The maximum Gasteiger partial charge on any atom is 0.0479 e. The number of fused-ring (bicyclic) bond motifs is 1. The number of benzene rings is 1. The normalized spacial score (nSPS) is 21.6. The van der Waals surface area contributed by atoms with Gasteiger partial charge in [-0.25, -0.2) is 0 Å². The van der Waals surface area contributed by atoms with Gasteiger partial charge in [-0.05, 0) is 38.0 Å². The van der Waals surface area contributed by atoms with Gasteiger partial charge < -0.3 is 10.6 Å². The first-order valence-electron chi connectivity index (χ1n) is 5.44. The molecule has 3 heteroatoms. The zero-order valence-corrected chi connectivity index (χ0v) is 10.8. The largest absolute Gasteiger partial charge is 0.367 e. The summed E-state index contributed by atoms with van der Waals surface area (Å²) >= 11 is 3.61. The van der Waals surface area contributed by atoms with Crippen LogP contribution in [0.15, 0.2) is 22.7 Å². The lowest BCUT2D eigenvalue weighted by molar-refractivity contribution is 0.538. The summed E-state index contributed by atoms with van der Waals surface area (Å²) < 4.78 is 1.21. The molecule has 0 aliphatic carbocycles. The average molecular weight is 269 g/mol. The average Bonchev–Trinajstić information content (AvgIpc) is 2.57. The fourth-order valence-corrected chi connectivity index (χ4v) is 2.91. The Labute approximate surface area is 99.6 Å². The van der Waals surface area contributed by atoms with E-state index in [1.54, 1.807) is 0 Å². The number of anilines is 1. The number of nitrogens with two attached hydrogens (primary N) is 1. The van der Waals surface area contributed by atoms with Gasteiger partial charge in [0.15, 0.2) is 0 Å². The molecule has 0 spiro atoms. The molecule has 0 amide bonds. The molecule has 0 bridgehead atoms. The third-order valence-corrected chi connectivity index (χ3v) is 3.91. The predicted molar refractivity (Wildman–Crippen MR) is 68.3 cm³/mol. The van der Waals surface area contributed by atoms with Crippen molar-refractivity contribution in [2.75, 3.05) is 11.4 Å². The van der Waals surface area contributed by atoms with E-state index in [2.05, 4.69) is 52.9 Å². The lowest BCUT2D eigenvalue weighted by Gasteiger charge is -2.28. The highest BCUT2D eigenvalue weighted by Gasteiger charge is 2.31. The van der Waals surface area contributed by atoms with E-state index in [1.807, 2.05) is 0 Å². The van der Waals surface area contributed by atoms with Crippen LogP contribution < -0.4 is 10.6 Å². The number of rotatable bonds is 2. The Bertz CT molecular complexity index is 363. The van der Waals surface area contributed by atoms with E-state index >= 15 is 0 Å². The molecule has 0 saturated heterocycles. The summed E-state index contributed by atoms with van der Waals surface area (Å²) in [5.41, 5.74) is 8.78. The second kappa shape index (κ2) is 4.14. The number of hydrogen-bond donors (Lipinski definition) is 1. The highest BCUT2D eigenvalue weighted by Crippen LogP contribution is 2.37. The molecule has 1 aliphatic rings.